The third-order valence-electron chi connectivity index (χ3n) is 4.07. The summed E-state index contributed by atoms with van der Waals surface area (Å²) in [5, 5.41) is 0.0592. The van der Waals surface area contributed by atoms with Gasteiger partial charge in [-0.1, -0.05) is 55.5 Å². The smallest absolute Gasteiger partial charge is 0.122 e. The molecule has 2 heteroatoms. The first kappa shape index (κ1) is 13.5. The van der Waals surface area contributed by atoms with Crippen LogP contribution in [0.2, 0.25) is 0 Å². The fraction of sp³-hybridized carbons (Fsp3) is 0.333. The number of benzene rings is 2. The van der Waals surface area contributed by atoms with Gasteiger partial charge in [0.15, 0.2) is 0 Å². The van der Waals surface area contributed by atoms with Crippen LogP contribution in [0.5, 0.6) is 5.75 Å². The lowest BCUT2D eigenvalue weighted by molar-refractivity contribution is 0.308. The van der Waals surface area contributed by atoms with Crippen LogP contribution in [0.15, 0.2) is 54.6 Å². The van der Waals surface area contributed by atoms with Gasteiger partial charge in [0.25, 0.3) is 0 Å². The Morgan fingerprint density at radius 1 is 1.10 bits per heavy atom. The SMILES string of the molecule is CC(CC1COc2ccccc21)C(Cl)c1ccccc1. The van der Waals surface area contributed by atoms with E-state index < -0.39 is 0 Å². The van der Waals surface area contributed by atoms with Crippen LogP contribution in [0.1, 0.15) is 35.8 Å². The lowest BCUT2D eigenvalue weighted by Gasteiger charge is -2.21. The van der Waals surface area contributed by atoms with E-state index in [2.05, 4.69) is 37.3 Å². The summed E-state index contributed by atoms with van der Waals surface area (Å²) in [5.74, 6) is 1.92. The van der Waals surface area contributed by atoms with Gasteiger partial charge in [0.2, 0.25) is 0 Å². The van der Waals surface area contributed by atoms with E-state index in [1.165, 1.54) is 11.1 Å². The monoisotopic (exact) mass is 286 g/mol. The molecule has 3 rings (SSSR count). The van der Waals surface area contributed by atoms with Gasteiger partial charge in [-0.15, -0.1) is 11.6 Å². The molecule has 0 spiro atoms. The van der Waals surface area contributed by atoms with Crippen molar-refractivity contribution in [1.29, 1.82) is 0 Å². The molecule has 0 N–H and O–H groups in total. The fourth-order valence-electron chi connectivity index (χ4n) is 2.96. The number of hydrogen-bond acceptors (Lipinski definition) is 1. The summed E-state index contributed by atoms with van der Waals surface area (Å²) in [4.78, 5) is 0. The Labute approximate surface area is 125 Å². The van der Waals surface area contributed by atoms with Crippen molar-refractivity contribution in [3.8, 4) is 5.75 Å². The normalized spacial score (nSPS) is 20.0. The van der Waals surface area contributed by atoms with Gasteiger partial charge in [-0.25, -0.2) is 0 Å². The minimum absolute atomic E-state index is 0.0592. The molecule has 2 aromatic carbocycles. The highest BCUT2D eigenvalue weighted by Gasteiger charge is 2.28. The number of hydrogen-bond donors (Lipinski definition) is 0. The molecule has 0 bridgehead atoms. The minimum Gasteiger partial charge on any atom is -0.493 e. The van der Waals surface area contributed by atoms with E-state index >= 15 is 0 Å². The first-order valence-corrected chi connectivity index (χ1v) is 7.60. The molecule has 0 amide bonds. The van der Waals surface area contributed by atoms with Crippen molar-refractivity contribution in [3.05, 3.63) is 65.7 Å². The Hall–Kier alpha value is -1.47. The zero-order valence-electron chi connectivity index (χ0n) is 11.6. The van der Waals surface area contributed by atoms with E-state index in [0.29, 0.717) is 11.8 Å². The highest BCUT2D eigenvalue weighted by molar-refractivity contribution is 6.21. The standard InChI is InChI=1S/C18H19ClO/c1-13(18(19)14-7-3-2-4-8-14)11-15-12-20-17-10-6-5-9-16(15)17/h2-10,13,15,18H,11-12H2,1H3. The number of ether oxygens (including phenoxy) is 1. The second-order valence-electron chi connectivity index (χ2n) is 5.57. The van der Waals surface area contributed by atoms with Gasteiger partial charge in [0, 0.05) is 11.5 Å². The summed E-state index contributed by atoms with van der Waals surface area (Å²) in [5.41, 5.74) is 2.53. The zero-order chi connectivity index (χ0) is 13.9. The molecule has 3 unspecified atom stereocenters. The van der Waals surface area contributed by atoms with Crippen molar-refractivity contribution in [3.63, 3.8) is 0 Å². The fourth-order valence-corrected chi connectivity index (χ4v) is 3.21. The molecule has 0 radical (unpaired) electrons. The maximum absolute atomic E-state index is 6.62. The second-order valence-corrected chi connectivity index (χ2v) is 6.04. The van der Waals surface area contributed by atoms with E-state index in [9.17, 15) is 0 Å². The van der Waals surface area contributed by atoms with Crippen LogP contribution in [0.25, 0.3) is 0 Å². The molecule has 3 atom stereocenters. The summed E-state index contributed by atoms with van der Waals surface area (Å²) < 4.78 is 5.75. The van der Waals surface area contributed by atoms with Crippen LogP contribution in [-0.4, -0.2) is 6.61 Å². The maximum Gasteiger partial charge on any atom is 0.122 e. The number of alkyl halides is 1. The molecular formula is C18H19ClO. The molecule has 0 saturated carbocycles. The lowest BCUT2D eigenvalue weighted by Crippen LogP contribution is -2.11. The number of rotatable bonds is 4. The van der Waals surface area contributed by atoms with Gasteiger partial charge in [0.1, 0.15) is 5.75 Å². The second kappa shape index (κ2) is 5.88. The highest BCUT2D eigenvalue weighted by Crippen LogP contribution is 2.41. The molecule has 104 valence electrons. The zero-order valence-corrected chi connectivity index (χ0v) is 12.4. The van der Waals surface area contributed by atoms with Crippen LogP contribution < -0.4 is 4.74 Å². The molecule has 0 saturated heterocycles. The third kappa shape index (κ3) is 2.69. The Morgan fingerprint density at radius 2 is 1.80 bits per heavy atom. The first-order chi connectivity index (χ1) is 9.75. The van der Waals surface area contributed by atoms with Crippen molar-refractivity contribution in [2.45, 2.75) is 24.6 Å². The van der Waals surface area contributed by atoms with Crippen molar-refractivity contribution >= 4 is 11.6 Å². The minimum atomic E-state index is 0.0592. The van der Waals surface area contributed by atoms with Gasteiger partial charge in [0.05, 0.1) is 12.0 Å². The molecule has 1 aliphatic heterocycles. The average Bonchev–Trinajstić information content (AvgIpc) is 2.91. The van der Waals surface area contributed by atoms with Crippen LogP contribution in [-0.2, 0) is 0 Å². The molecule has 1 aliphatic rings. The Bertz CT molecular complexity index is 567. The van der Waals surface area contributed by atoms with Gasteiger partial charge < -0.3 is 4.74 Å². The first-order valence-electron chi connectivity index (χ1n) is 7.16. The molecular weight excluding hydrogens is 268 g/mol. The van der Waals surface area contributed by atoms with Crippen molar-refractivity contribution in [2.75, 3.05) is 6.61 Å². The van der Waals surface area contributed by atoms with E-state index in [-0.39, 0.29) is 5.38 Å². The van der Waals surface area contributed by atoms with Crippen LogP contribution in [0.3, 0.4) is 0 Å². The van der Waals surface area contributed by atoms with Gasteiger partial charge >= 0.3 is 0 Å². The number of fused-ring (bicyclic) bond motifs is 1. The molecule has 0 aromatic heterocycles. The van der Waals surface area contributed by atoms with Gasteiger partial charge in [-0.3, -0.25) is 0 Å². The predicted molar refractivity (Wildman–Crippen MR) is 83.5 cm³/mol. The van der Waals surface area contributed by atoms with Gasteiger partial charge in [-0.05, 0) is 24.0 Å². The van der Waals surface area contributed by atoms with Crippen molar-refractivity contribution in [1.82, 2.24) is 0 Å². The quantitative estimate of drug-likeness (QED) is 0.705. The number of para-hydroxylation sites is 1. The number of halogens is 1. The largest absolute Gasteiger partial charge is 0.493 e. The lowest BCUT2D eigenvalue weighted by atomic mass is 9.87. The topological polar surface area (TPSA) is 9.23 Å². The molecule has 20 heavy (non-hydrogen) atoms. The third-order valence-corrected chi connectivity index (χ3v) is 4.75. The van der Waals surface area contributed by atoms with E-state index in [1.807, 2.05) is 24.3 Å². The Kier molecular flexibility index (Phi) is 3.98. The van der Waals surface area contributed by atoms with Crippen LogP contribution >= 0.6 is 11.6 Å². The summed E-state index contributed by atoms with van der Waals surface area (Å²) in [6.07, 6.45) is 1.06. The van der Waals surface area contributed by atoms with Crippen LogP contribution in [0, 0.1) is 5.92 Å². The van der Waals surface area contributed by atoms with E-state index in [4.69, 9.17) is 16.3 Å². The summed E-state index contributed by atoms with van der Waals surface area (Å²) in [6, 6.07) is 18.7. The summed E-state index contributed by atoms with van der Waals surface area (Å²) >= 11 is 6.62. The molecule has 1 heterocycles. The van der Waals surface area contributed by atoms with E-state index in [0.717, 1.165) is 18.8 Å². The predicted octanol–water partition coefficient (Wildman–Crippen LogP) is 5.17. The van der Waals surface area contributed by atoms with Crippen molar-refractivity contribution < 1.29 is 4.74 Å². The van der Waals surface area contributed by atoms with Crippen LogP contribution in [0.4, 0.5) is 0 Å². The van der Waals surface area contributed by atoms with E-state index in [1.54, 1.807) is 0 Å². The van der Waals surface area contributed by atoms with Crippen molar-refractivity contribution in [2.24, 2.45) is 5.92 Å². The summed E-state index contributed by atoms with van der Waals surface area (Å²) in [7, 11) is 0. The highest BCUT2D eigenvalue weighted by atomic mass is 35.5. The van der Waals surface area contributed by atoms with Gasteiger partial charge in [-0.2, -0.15) is 0 Å². The molecule has 1 nitrogen and oxygen atoms in total. The maximum atomic E-state index is 6.62. The summed E-state index contributed by atoms with van der Waals surface area (Å²) in [6.45, 7) is 3.01. The molecule has 0 fully saturated rings. The Balaban J connectivity index is 1.70. The molecule has 0 aliphatic carbocycles. The molecule has 2 aromatic rings. The Morgan fingerprint density at radius 3 is 2.60 bits per heavy atom. The average molecular weight is 287 g/mol.